The van der Waals surface area contributed by atoms with Crippen LogP contribution < -0.4 is 4.74 Å². The van der Waals surface area contributed by atoms with Gasteiger partial charge >= 0.3 is 6.18 Å². The summed E-state index contributed by atoms with van der Waals surface area (Å²) in [6.07, 6.45) is -3.17. The van der Waals surface area contributed by atoms with E-state index in [0.717, 1.165) is 19.6 Å². The number of aryl methyl sites for hydroxylation is 1. The predicted molar refractivity (Wildman–Crippen MR) is 98.1 cm³/mol. The molecule has 0 aliphatic carbocycles. The fourth-order valence-corrected chi connectivity index (χ4v) is 3.11. The molecule has 2 aromatic rings. The normalized spacial score (nSPS) is 15.5. The number of hydrogen-bond acceptors (Lipinski definition) is 4. The van der Waals surface area contributed by atoms with Gasteiger partial charge in [0.1, 0.15) is 0 Å². The third-order valence-corrected chi connectivity index (χ3v) is 4.52. The molecule has 0 N–H and O–H groups in total. The Hall–Kier alpha value is -2.61. The summed E-state index contributed by atoms with van der Waals surface area (Å²) in [5.41, 5.74) is 2.81. The summed E-state index contributed by atoms with van der Waals surface area (Å²) in [4.78, 5) is 20.4. The average Bonchev–Trinajstić information content (AvgIpc) is 2.66. The molecule has 1 saturated heterocycles. The fourth-order valence-electron chi connectivity index (χ4n) is 3.11. The number of amides is 1. The van der Waals surface area contributed by atoms with Crippen molar-refractivity contribution in [1.29, 1.82) is 0 Å². The molecule has 0 spiro atoms. The van der Waals surface area contributed by atoms with E-state index in [-0.39, 0.29) is 11.8 Å². The zero-order valence-electron chi connectivity index (χ0n) is 15.6. The molecule has 150 valence electrons. The van der Waals surface area contributed by atoms with Crippen LogP contribution in [-0.2, 0) is 6.54 Å². The van der Waals surface area contributed by atoms with E-state index >= 15 is 0 Å². The minimum Gasteiger partial charge on any atom is -0.468 e. The molecule has 1 aromatic carbocycles. The zero-order valence-corrected chi connectivity index (χ0v) is 15.6. The molecule has 0 radical (unpaired) electrons. The van der Waals surface area contributed by atoms with E-state index in [1.807, 2.05) is 6.07 Å². The van der Waals surface area contributed by atoms with Gasteiger partial charge in [0.25, 0.3) is 5.91 Å². The van der Waals surface area contributed by atoms with Crippen molar-refractivity contribution in [3.05, 3.63) is 59.3 Å². The summed E-state index contributed by atoms with van der Waals surface area (Å²) >= 11 is 0. The van der Waals surface area contributed by atoms with E-state index < -0.39 is 12.8 Å². The topological polar surface area (TPSA) is 45.7 Å². The van der Waals surface area contributed by atoms with Crippen molar-refractivity contribution < 1.29 is 22.7 Å². The number of nitrogens with zero attached hydrogens (tertiary/aromatic N) is 3. The number of carbonyl (C=O) groups excluding carboxylic acids is 1. The zero-order chi connectivity index (χ0) is 20.1. The Morgan fingerprint density at radius 1 is 1.14 bits per heavy atom. The van der Waals surface area contributed by atoms with Gasteiger partial charge in [-0.15, -0.1) is 0 Å². The number of alkyl halides is 3. The van der Waals surface area contributed by atoms with Crippen LogP contribution in [0.25, 0.3) is 0 Å². The molecule has 8 heteroatoms. The van der Waals surface area contributed by atoms with Crippen LogP contribution in [0.3, 0.4) is 0 Å². The first-order valence-corrected chi connectivity index (χ1v) is 9.03. The highest BCUT2D eigenvalue weighted by molar-refractivity contribution is 5.94. The number of ether oxygens (including phenoxy) is 1. The average molecular weight is 393 g/mol. The molecule has 28 heavy (non-hydrogen) atoms. The maximum absolute atomic E-state index is 12.6. The molecule has 1 fully saturated rings. The Labute approximate surface area is 161 Å². The molecule has 0 saturated carbocycles. The summed E-state index contributed by atoms with van der Waals surface area (Å²) in [6, 6.07) is 11.1. The standard InChI is InChI=1S/C20H22F3N3O2/c1-15-3-2-4-16(11-15)13-25-7-9-26(10-8-25)19(27)17-5-6-18(24-12-17)28-14-20(21,22)23/h2-6,11-12H,7-10,13-14H2,1H3. The van der Waals surface area contributed by atoms with Gasteiger partial charge in [0.2, 0.25) is 5.88 Å². The van der Waals surface area contributed by atoms with Crippen LogP contribution in [0.15, 0.2) is 42.6 Å². The second kappa shape index (κ2) is 8.60. The number of rotatable bonds is 5. The monoisotopic (exact) mass is 393 g/mol. The van der Waals surface area contributed by atoms with Crippen LogP contribution in [-0.4, -0.2) is 59.7 Å². The third-order valence-electron chi connectivity index (χ3n) is 4.52. The highest BCUT2D eigenvalue weighted by Crippen LogP contribution is 2.18. The molecular formula is C20H22F3N3O2. The quantitative estimate of drug-likeness (QED) is 0.782. The third kappa shape index (κ3) is 5.69. The molecular weight excluding hydrogens is 371 g/mol. The molecule has 0 unspecified atom stereocenters. The Kier molecular flexibility index (Phi) is 6.18. The van der Waals surface area contributed by atoms with E-state index in [9.17, 15) is 18.0 Å². The molecule has 1 aliphatic heterocycles. The lowest BCUT2D eigenvalue weighted by Gasteiger charge is -2.34. The van der Waals surface area contributed by atoms with Gasteiger partial charge in [-0.2, -0.15) is 13.2 Å². The lowest BCUT2D eigenvalue weighted by atomic mass is 10.1. The first kappa shape index (κ1) is 20.1. The molecule has 1 aliphatic rings. The Balaban J connectivity index is 1.50. The van der Waals surface area contributed by atoms with Crippen molar-refractivity contribution in [1.82, 2.24) is 14.8 Å². The smallest absolute Gasteiger partial charge is 0.422 e. The minimum absolute atomic E-state index is 0.156. The lowest BCUT2D eigenvalue weighted by Crippen LogP contribution is -2.48. The predicted octanol–water partition coefficient (Wildman–Crippen LogP) is 3.29. The van der Waals surface area contributed by atoms with E-state index in [1.54, 1.807) is 4.90 Å². The van der Waals surface area contributed by atoms with Gasteiger partial charge in [0.15, 0.2) is 6.61 Å². The summed E-state index contributed by atoms with van der Waals surface area (Å²) in [6.45, 7) is 4.22. The Bertz CT molecular complexity index is 801. The number of hydrogen-bond donors (Lipinski definition) is 0. The molecule has 1 amide bonds. The number of piperazine rings is 1. The van der Waals surface area contributed by atoms with Crippen molar-refractivity contribution >= 4 is 5.91 Å². The van der Waals surface area contributed by atoms with Crippen LogP contribution >= 0.6 is 0 Å². The van der Waals surface area contributed by atoms with Crippen molar-refractivity contribution in [3.63, 3.8) is 0 Å². The van der Waals surface area contributed by atoms with E-state index in [2.05, 4.69) is 39.7 Å². The van der Waals surface area contributed by atoms with Crippen molar-refractivity contribution in [2.24, 2.45) is 0 Å². The highest BCUT2D eigenvalue weighted by Gasteiger charge is 2.29. The van der Waals surface area contributed by atoms with Gasteiger partial charge in [-0.25, -0.2) is 4.98 Å². The second-order valence-electron chi connectivity index (χ2n) is 6.85. The fraction of sp³-hybridized carbons (Fsp3) is 0.400. The van der Waals surface area contributed by atoms with Crippen LogP contribution in [0.4, 0.5) is 13.2 Å². The number of pyridine rings is 1. The summed E-state index contributed by atoms with van der Waals surface area (Å²) in [7, 11) is 0. The summed E-state index contributed by atoms with van der Waals surface area (Å²) < 4.78 is 41.1. The van der Waals surface area contributed by atoms with E-state index in [4.69, 9.17) is 0 Å². The van der Waals surface area contributed by atoms with Crippen LogP contribution in [0.5, 0.6) is 5.88 Å². The van der Waals surface area contributed by atoms with Gasteiger partial charge < -0.3 is 9.64 Å². The number of aromatic nitrogens is 1. The van der Waals surface area contributed by atoms with Crippen molar-refractivity contribution in [2.45, 2.75) is 19.6 Å². The SMILES string of the molecule is Cc1cccc(CN2CCN(C(=O)c3ccc(OCC(F)(F)F)nc3)CC2)c1. The van der Waals surface area contributed by atoms with E-state index in [0.29, 0.717) is 18.7 Å². The molecule has 1 aromatic heterocycles. The lowest BCUT2D eigenvalue weighted by molar-refractivity contribution is -0.154. The van der Waals surface area contributed by atoms with Gasteiger partial charge in [-0.1, -0.05) is 29.8 Å². The molecule has 5 nitrogen and oxygen atoms in total. The first-order valence-electron chi connectivity index (χ1n) is 9.03. The largest absolute Gasteiger partial charge is 0.468 e. The van der Waals surface area contributed by atoms with Gasteiger partial charge in [0.05, 0.1) is 5.56 Å². The maximum Gasteiger partial charge on any atom is 0.422 e. The van der Waals surface area contributed by atoms with E-state index in [1.165, 1.54) is 29.5 Å². The number of halogens is 3. The first-order chi connectivity index (χ1) is 13.3. The number of benzene rings is 1. The van der Waals surface area contributed by atoms with Gasteiger partial charge in [-0.3, -0.25) is 9.69 Å². The molecule has 3 rings (SSSR count). The number of carbonyl (C=O) groups is 1. The molecule has 0 atom stereocenters. The van der Waals surface area contributed by atoms with Crippen molar-refractivity contribution in [3.8, 4) is 5.88 Å². The molecule has 2 heterocycles. The van der Waals surface area contributed by atoms with Crippen LogP contribution in [0.2, 0.25) is 0 Å². The highest BCUT2D eigenvalue weighted by atomic mass is 19.4. The second-order valence-corrected chi connectivity index (χ2v) is 6.85. The van der Waals surface area contributed by atoms with Crippen LogP contribution in [0, 0.1) is 6.92 Å². The Morgan fingerprint density at radius 3 is 2.50 bits per heavy atom. The Morgan fingerprint density at radius 2 is 1.89 bits per heavy atom. The van der Waals surface area contributed by atoms with Gasteiger partial charge in [0, 0.05) is 45.0 Å². The maximum atomic E-state index is 12.6. The molecule has 0 bridgehead atoms. The van der Waals surface area contributed by atoms with Crippen LogP contribution in [0.1, 0.15) is 21.5 Å². The summed E-state index contributed by atoms with van der Waals surface area (Å²) in [5.74, 6) is -0.332. The van der Waals surface area contributed by atoms with Gasteiger partial charge in [-0.05, 0) is 18.6 Å². The van der Waals surface area contributed by atoms with Crippen molar-refractivity contribution in [2.75, 3.05) is 32.8 Å². The minimum atomic E-state index is -4.42. The summed E-state index contributed by atoms with van der Waals surface area (Å²) in [5, 5.41) is 0.